The zero-order chi connectivity index (χ0) is 14.7. The van der Waals surface area contributed by atoms with Crippen molar-refractivity contribution >= 4 is 11.4 Å². The van der Waals surface area contributed by atoms with Crippen molar-refractivity contribution < 1.29 is 13.2 Å². The fraction of sp³-hybridized carbons (Fsp3) is 0.200. The lowest BCUT2D eigenvalue weighted by molar-refractivity contribution is 0.496. The molecular weight excluding hydrogens is 265 g/mol. The van der Waals surface area contributed by atoms with Gasteiger partial charge in [-0.15, -0.1) is 0 Å². The van der Waals surface area contributed by atoms with Gasteiger partial charge in [0.05, 0.1) is 5.69 Å². The van der Waals surface area contributed by atoms with Crippen LogP contribution in [0.2, 0.25) is 0 Å². The van der Waals surface area contributed by atoms with E-state index in [0.29, 0.717) is 12.6 Å². The molecule has 0 saturated heterocycles. The van der Waals surface area contributed by atoms with Crippen molar-refractivity contribution in [2.75, 3.05) is 24.3 Å². The third kappa shape index (κ3) is 3.23. The van der Waals surface area contributed by atoms with E-state index in [1.165, 1.54) is 0 Å². The number of halogens is 3. The minimum absolute atomic E-state index is 0.0550. The van der Waals surface area contributed by atoms with Gasteiger partial charge in [0.25, 0.3) is 0 Å². The molecule has 0 radical (unpaired) electrons. The Labute approximate surface area is 115 Å². The minimum Gasteiger partial charge on any atom is -0.379 e. The first-order chi connectivity index (χ1) is 9.47. The standard InChI is InChI=1S/C15H15F3N2/c1-20(2)11-5-3-10(4-6-11)9-19-15-8-13(17)12(16)7-14(15)18/h3-8,19H,9H2,1-2H3. The number of hydrogen-bond donors (Lipinski definition) is 1. The summed E-state index contributed by atoms with van der Waals surface area (Å²) in [5.41, 5.74) is 1.91. The molecule has 0 atom stereocenters. The second-order valence-corrected chi connectivity index (χ2v) is 4.66. The van der Waals surface area contributed by atoms with Gasteiger partial charge in [0.2, 0.25) is 0 Å². The normalized spacial score (nSPS) is 10.4. The van der Waals surface area contributed by atoms with E-state index in [0.717, 1.165) is 17.3 Å². The molecule has 0 aliphatic rings. The van der Waals surface area contributed by atoms with Crippen molar-refractivity contribution in [1.82, 2.24) is 0 Å². The Morgan fingerprint density at radius 1 is 0.900 bits per heavy atom. The van der Waals surface area contributed by atoms with E-state index < -0.39 is 17.5 Å². The molecule has 0 amide bonds. The van der Waals surface area contributed by atoms with E-state index in [2.05, 4.69) is 5.32 Å². The molecule has 0 spiro atoms. The summed E-state index contributed by atoms with van der Waals surface area (Å²) in [5.74, 6) is -3.07. The van der Waals surface area contributed by atoms with E-state index in [4.69, 9.17) is 0 Å². The smallest absolute Gasteiger partial charge is 0.161 e. The number of nitrogens with one attached hydrogen (secondary N) is 1. The van der Waals surface area contributed by atoms with Crippen LogP contribution in [-0.2, 0) is 6.54 Å². The molecule has 0 aliphatic heterocycles. The summed E-state index contributed by atoms with van der Waals surface area (Å²) in [6, 6.07) is 8.99. The lowest BCUT2D eigenvalue weighted by atomic mass is 10.2. The average molecular weight is 280 g/mol. The van der Waals surface area contributed by atoms with Crippen LogP contribution in [0.1, 0.15) is 5.56 Å². The molecule has 0 heterocycles. The van der Waals surface area contributed by atoms with Gasteiger partial charge in [0.15, 0.2) is 11.6 Å². The molecular formula is C15H15F3N2. The zero-order valence-corrected chi connectivity index (χ0v) is 11.3. The topological polar surface area (TPSA) is 15.3 Å². The molecule has 0 fully saturated rings. The number of anilines is 2. The van der Waals surface area contributed by atoms with Crippen molar-refractivity contribution in [2.45, 2.75) is 6.54 Å². The van der Waals surface area contributed by atoms with Crippen molar-refractivity contribution in [3.8, 4) is 0 Å². The van der Waals surface area contributed by atoms with Crippen molar-refractivity contribution in [3.63, 3.8) is 0 Å². The van der Waals surface area contributed by atoms with Crippen LogP contribution in [-0.4, -0.2) is 14.1 Å². The van der Waals surface area contributed by atoms with Gasteiger partial charge in [-0.25, -0.2) is 13.2 Å². The Bertz CT molecular complexity index is 595. The van der Waals surface area contributed by atoms with Crippen LogP contribution in [0.15, 0.2) is 36.4 Å². The van der Waals surface area contributed by atoms with Gasteiger partial charge in [-0.2, -0.15) is 0 Å². The predicted molar refractivity (Wildman–Crippen MR) is 74.4 cm³/mol. The van der Waals surface area contributed by atoms with Crippen molar-refractivity contribution in [2.24, 2.45) is 0 Å². The molecule has 0 aliphatic carbocycles. The monoisotopic (exact) mass is 280 g/mol. The molecule has 0 unspecified atom stereocenters. The van der Waals surface area contributed by atoms with E-state index in [9.17, 15) is 13.2 Å². The van der Waals surface area contributed by atoms with Crippen LogP contribution in [0.3, 0.4) is 0 Å². The summed E-state index contributed by atoms with van der Waals surface area (Å²) in [4.78, 5) is 1.96. The molecule has 106 valence electrons. The van der Waals surface area contributed by atoms with Gasteiger partial charge in [-0.05, 0) is 17.7 Å². The lowest BCUT2D eigenvalue weighted by Crippen LogP contribution is -2.08. The number of nitrogens with zero attached hydrogens (tertiary/aromatic N) is 1. The highest BCUT2D eigenvalue weighted by molar-refractivity contribution is 5.48. The Kier molecular flexibility index (Phi) is 4.17. The number of rotatable bonds is 4. The lowest BCUT2D eigenvalue weighted by Gasteiger charge is -2.13. The van der Waals surface area contributed by atoms with E-state index in [1.54, 1.807) is 0 Å². The van der Waals surface area contributed by atoms with Gasteiger partial charge in [0.1, 0.15) is 5.82 Å². The third-order valence-electron chi connectivity index (χ3n) is 2.95. The molecule has 2 aromatic rings. The summed E-state index contributed by atoms with van der Waals surface area (Å²) >= 11 is 0. The fourth-order valence-corrected chi connectivity index (χ4v) is 1.77. The maximum atomic E-state index is 13.4. The Hall–Kier alpha value is -2.17. The van der Waals surface area contributed by atoms with Crippen LogP contribution in [0.4, 0.5) is 24.5 Å². The van der Waals surface area contributed by atoms with E-state index in [1.807, 2.05) is 43.3 Å². The highest BCUT2D eigenvalue weighted by Crippen LogP contribution is 2.19. The summed E-state index contributed by atoms with van der Waals surface area (Å²) < 4.78 is 39.3. The summed E-state index contributed by atoms with van der Waals surface area (Å²) in [6.45, 7) is 0.329. The maximum Gasteiger partial charge on any atom is 0.161 e. The first-order valence-electron chi connectivity index (χ1n) is 6.12. The Balaban J connectivity index is 2.07. The van der Waals surface area contributed by atoms with Crippen LogP contribution >= 0.6 is 0 Å². The number of benzene rings is 2. The molecule has 2 rings (SSSR count). The van der Waals surface area contributed by atoms with Crippen molar-refractivity contribution in [3.05, 3.63) is 59.4 Å². The first-order valence-corrected chi connectivity index (χ1v) is 6.12. The molecule has 5 heteroatoms. The average Bonchev–Trinajstić information content (AvgIpc) is 2.42. The summed E-state index contributed by atoms with van der Waals surface area (Å²) in [7, 11) is 3.87. The molecule has 2 aromatic carbocycles. The van der Waals surface area contributed by atoms with Crippen LogP contribution < -0.4 is 10.2 Å². The van der Waals surface area contributed by atoms with E-state index in [-0.39, 0.29) is 5.69 Å². The molecule has 0 aromatic heterocycles. The predicted octanol–water partition coefficient (Wildman–Crippen LogP) is 3.78. The fourth-order valence-electron chi connectivity index (χ4n) is 1.77. The molecule has 0 saturated carbocycles. The van der Waals surface area contributed by atoms with Gasteiger partial charge >= 0.3 is 0 Å². The summed E-state index contributed by atoms with van der Waals surface area (Å²) in [6.07, 6.45) is 0. The third-order valence-corrected chi connectivity index (χ3v) is 2.95. The number of hydrogen-bond acceptors (Lipinski definition) is 2. The highest BCUT2D eigenvalue weighted by Gasteiger charge is 2.09. The van der Waals surface area contributed by atoms with Crippen LogP contribution in [0.5, 0.6) is 0 Å². The molecule has 20 heavy (non-hydrogen) atoms. The zero-order valence-electron chi connectivity index (χ0n) is 11.3. The van der Waals surface area contributed by atoms with Gasteiger partial charge in [-0.1, -0.05) is 12.1 Å². The first kappa shape index (κ1) is 14.2. The van der Waals surface area contributed by atoms with Gasteiger partial charge < -0.3 is 10.2 Å². The Morgan fingerprint density at radius 3 is 2.10 bits per heavy atom. The SMILES string of the molecule is CN(C)c1ccc(CNc2cc(F)c(F)cc2F)cc1. The highest BCUT2D eigenvalue weighted by atomic mass is 19.2. The largest absolute Gasteiger partial charge is 0.379 e. The molecule has 0 bridgehead atoms. The van der Waals surface area contributed by atoms with Crippen LogP contribution in [0.25, 0.3) is 0 Å². The van der Waals surface area contributed by atoms with Crippen LogP contribution in [0, 0.1) is 17.5 Å². The van der Waals surface area contributed by atoms with Gasteiger partial charge in [0, 0.05) is 38.5 Å². The second-order valence-electron chi connectivity index (χ2n) is 4.66. The summed E-state index contributed by atoms with van der Waals surface area (Å²) in [5, 5.41) is 2.75. The second kappa shape index (κ2) is 5.86. The maximum absolute atomic E-state index is 13.4. The minimum atomic E-state index is -1.19. The molecule has 1 N–H and O–H groups in total. The van der Waals surface area contributed by atoms with Gasteiger partial charge in [-0.3, -0.25) is 0 Å². The molecule has 2 nitrogen and oxygen atoms in total. The van der Waals surface area contributed by atoms with E-state index >= 15 is 0 Å². The Morgan fingerprint density at radius 2 is 1.50 bits per heavy atom. The van der Waals surface area contributed by atoms with Crippen molar-refractivity contribution in [1.29, 1.82) is 0 Å². The quantitative estimate of drug-likeness (QED) is 0.857.